The first kappa shape index (κ1) is 28.8. The van der Waals surface area contributed by atoms with Gasteiger partial charge in [0.2, 0.25) is 0 Å². The summed E-state index contributed by atoms with van der Waals surface area (Å²) in [6.45, 7) is 8.78. The van der Waals surface area contributed by atoms with E-state index in [2.05, 4.69) is 51.4 Å². The van der Waals surface area contributed by atoms with Crippen LogP contribution in [-0.4, -0.2) is 63.6 Å². The van der Waals surface area contributed by atoms with Crippen molar-refractivity contribution in [1.82, 2.24) is 30.1 Å². The first-order valence-corrected chi connectivity index (χ1v) is 14.4. The van der Waals surface area contributed by atoms with E-state index in [1.54, 1.807) is 14.2 Å². The molecule has 0 unspecified atom stereocenters. The molecule has 41 heavy (non-hydrogen) atoms. The highest BCUT2D eigenvalue weighted by Crippen LogP contribution is 2.30. The van der Waals surface area contributed by atoms with Gasteiger partial charge in [0.05, 0.1) is 38.4 Å². The zero-order valence-electron chi connectivity index (χ0n) is 24.6. The van der Waals surface area contributed by atoms with Gasteiger partial charge in [-0.3, -0.25) is 9.69 Å². The number of hydrogen-bond donors (Lipinski definition) is 1. The van der Waals surface area contributed by atoms with Crippen LogP contribution in [0.2, 0.25) is 0 Å². The molecule has 0 aliphatic carbocycles. The van der Waals surface area contributed by atoms with Crippen LogP contribution in [0.25, 0.3) is 10.9 Å². The van der Waals surface area contributed by atoms with E-state index in [1.165, 1.54) is 0 Å². The Morgan fingerprint density at radius 2 is 1.93 bits per heavy atom. The summed E-state index contributed by atoms with van der Waals surface area (Å²) in [6, 6.07) is 12.1. The van der Waals surface area contributed by atoms with E-state index in [0.29, 0.717) is 31.1 Å². The average Bonchev–Trinajstić information content (AvgIpc) is 3.67. The molecule has 0 radical (unpaired) electrons. The lowest BCUT2D eigenvalue weighted by molar-refractivity contribution is 0.0893. The minimum Gasteiger partial charge on any atom is -0.493 e. The van der Waals surface area contributed by atoms with Gasteiger partial charge < -0.3 is 19.2 Å². The lowest BCUT2D eigenvalue weighted by Gasteiger charge is -2.30. The summed E-state index contributed by atoms with van der Waals surface area (Å²) < 4.78 is 18.7. The van der Waals surface area contributed by atoms with Crippen molar-refractivity contribution in [1.29, 1.82) is 0 Å². The Bertz CT molecular complexity index is 1540. The standard InChI is InChI=1S/C31H40N6O4/c1-6-26(30-33-34-35-37(30)19-24-8-7-15-41-24)36(14-13-22-11-12-27(39-4)28(16-22)40-5)18-23-17-25-20(2)9-10-21(3)29(25)32-31(23)38/h9-12,16-17,24,26H,6-8,13-15,18-19H2,1-5H3,(H,32,38)/t24-,26+/m1/s1. The Kier molecular flexibility index (Phi) is 8.99. The molecule has 0 amide bonds. The number of tetrazole rings is 1. The number of benzene rings is 2. The second-order valence-corrected chi connectivity index (χ2v) is 10.8. The number of aromatic amines is 1. The normalized spacial score (nSPS) is 16.0. The van der Waals surface area contributed by atoms with Crippen LogP contribution in [0.3, 0.4) is 0 Å². The predicted molar refractivity (Wildman–Crippen MR) is 158 cm³/mol. The van der Waals surface area contributed by atoms with Gasteiger partial charge >= 0.3 is 0 Å². The Morgan fingerprint density at radius 1 is 1.12 bits per heavy atom. The monoisotopic (exact) mass is 560 g/mol. The smallest absolute Gasteiger partial charge is 0.252 e. The molecule has 10 heteroatoms. The first-order valence-electron chi connectivity index (χ1n) is 14.4. The van der Waals surface area contributed by atoms with Crippen molar-refractivity contribution in [3.05, 3.63) is 74.8 Å². The van der Waals surface area contributed by atoms with Crippen LogP contribution in [0.1, 0.15) is 60.3 Å². The second-order valence-electron chi connectivity index (χ2n) is 10.8. The summed E-state index contributed by atoms with van der Waals surface area (Å²) in [7, 11) is 3.28. The largest absolute Gasteiger partial charge is 0.493 e. The summed E-state index contributed by atoms with van der Waals surface area (Å²) in [5.41, 5.74) is 4.83. The number of ether oxygens (including phenoxy) is 3. The van der Waals surface area contributed by atoms with E-state index in [1.807, 2.05) is 35.9 Å². The number of rotatable bonds is 12. The SMILES string of the molecule is CC[C@@H](c1nnnn1C[C@H]1CCCO1)N(CCc1ccc(OC)c(OC)c1)Cc1cc2c(C)ccc(C)c2[nH]c1=O. The maximum atomic E-state index is 13.4. The molecule has 4 aromatic rings. The molecule has 0 bridgehead atoms. The van der Waals surface area contributed by atoms with Gasteiger partial charge in [0.25, 0.3) is 5.56 Å². The topological polar surface area (TPSA) is 107 Å². The highest BCUT2D eigenvalue weighted by Gasteiger charge is 2.28. The van der Waals surface area contributed by atoms with Gasteiger partial charge in [0, 0.05) is 30.6 Å². The van der Waals surface area contributed by atoms with E-state index < -0.39 is 0 Å². The third-order valence-corrected chi connectivity index (χ3v) is 8.12. The lowest BCUT2D eigenvalue weighted by atomic mass is 10.0. The fourth-order valence-electron chi connectivity index (χ4n) is 5.77. The number of aryl methyl sites for hydroxylation is 2. The summed E-state index contributed by atoms with van der Waals surface area (Å²) in [4.78, 5) is 18.8. The fraction of sp³-hybridized carbons (Fsp3) is 0.484. The number of fused-ring (bicyclic) bond motifs is 1. The van der Waals surface area contributed by atoms with Gasteiger partial charge in [0.15, 0.2) is 17.3 Å². The van der Waals surface area contributed by atoms with Crippen LogP contribution < -0.4 is 15.0 Å². The Hall–Kier alpha value is -3.76. The number of aromatic nitrogens is 5. The molecule has 3 heterocycles. The summed E-state index contributed by atoms with van der Waals surface area (Å²) in [5, 5.41) is 13.9. The number of H-pyrrole nitrogens is 1. The first-order chi connectivity index (χ1) is 19.9. The molecule has 10 nitrogen and oxygen atoms in total. The second kappa shape index (κ2) is 12.8. The minimum atomic E-state index is -0.0970. The zero-order valence-corrected chi connectivity index (χ0v) is 24.6. The molecule has 1 aliphatic rings. The molecule has 1 N–H and O–H groups in total. The highest BCUT2D eigenvalue weighted by molar-refractivity contribution is 5.85. The van der Waals surface area contributed by atoms with Gasteiger partial charge in [-0.25, -0.2) is 4.68 Å². The number of nitrogens with one attached hydrogen (secondary N) is 1. The van der Waals surface area contributed by atoms with Crippen molar-refractivity contribution < 1.29 is 14.2 Å². The van der Waals surface area contributed by atoms with Gasteiger partial charge in [-0.05, 0) is 84.8 Å². The summed E-state index contributed by atoms with van der Waals surface area (Å²) in [6.07, 6.45) is 3.70. The van der Waals surface area contributed by atoms with Crippen molar-refractivity contribution in [2.75, 3.05) is 27.4 Å². The minimum absolute atomic E-state index is 0.0730. The quantitative estimate of drug-likeness (QED) is 0.270. The third kappa shape index (κ3) is 6.28. The molecule has 1 aliphatic heterocycles. The van der Waals surface area contributed by atoms with Gasteiger partial charge in [-0.15, -0.1) is 5.10 Å². The van der Waals surface area contributed by atoms with Crippen molar-refractivity contribution in [2.45, 2.75) is 71.7 Å². The van der Waals surface area contributed by atoms with Crippen LogP contribution in [0.4, 0.5) is 0 Å². The molecule has 1 saturated heterocycles. The highest BCUT2D eigenvalue weighted by atomic mass is 16.5. The predicted octanol–water partition coefficient (Wildman–Crippen LogP) is 4.52. The number of pyridine rings is 1. The number of nitrogens with zero attached hydrogens (tertiary/aromatic N) is 5. The molecule has 2 aromatic heterocycles. The van der Waals surface area contributed by atoms with E-state index in [0.717, 1.165) is 71.3 Å². The molecule has 2 atom stereocenters. The summed E-state index contributed by atoms with van der Waals surface area (Å²) >= 11 is 0. The van der Waals surface area contributed by atoms with Crippen LogP contribution in [0, 0.1) is 13.8 Å². The van der Waals surface area contributed by atoms with E-state index in [4.69, 9.17) is 14.2 Å². The average molecular weight is 561 g/mol. The van der Waals surface area contributed by atoms with Crippen molar-refractivity contribution in [2.24, 2.45) is 0 Å². The van der Waals surface area contributed by atoms with E-state index in [-0.39, 0.29) is 17.7 Å². The van der Waals surface area contributed by atoms with E-state index in [9.17, 15) is 4.79 Å². The molecule has 1 fully saturated rings. The number of hydrogen-bond acceptors (Lipinski definition) is 8. The molecular formula is C31H40N6O4. The maximum absolute atomic E-state index is 13.4. The fourth-order valence-corrected chi connectivity index (χ4v) is 5.77. The van der Waals surface area contributed by atoms with Crippen molar-refractivity contribution >= 4 is 10.9 Å². The number of methoxy groups -OCH3 is 2. The summed E-state index contributed by atoms with van der Waals surface area (Å²) in [5.74, 6) is 2.18. The zero-order chi connectivity index (χ0) is 28.9. The van der Waals surface area contributed by atoms with Crippen molar-refractivity contribution in [3.63, 3.8) is 0 Å². The van der Waals surface area contributed by atoms with Gasteiger partial charge in [-0.1, -0.05) is 25.1 Å². The Balaban J connectivity index is 1.49. The Labute approximate surface area is 240 Å². The lowest BCUT2D eigenvalue weighted by Crippen LogP contribution is -2.34. The molecule has 218 valence electrons. The Morgan fingerprint density at radius 3 is 2.66 bits per heavy atom. The van der Waals surface area contributed by atoms with E-state index >= 15 is 0 Å². The molecular weight excluding hydrogens is 520 g/mol. The molecule has 5 rings (SSSR count). The third-order valence-electron chi connectivity index (χ3n) is 8.12. The van der Waals surface area contributed by atoms with Gasteiger partial charge in [-0.2, -0.15) is 0 Å². The van der Waals surface area contributed by atoms with Crippen LogP contribution in [-0.2, 0) is 24.2 Å². The van der Waals surface area contributed by atoms with Gasteiger partial charge in [0.1, 0.15) is 0 Å². The maximum Gasteiger partial charge on any atom is 0.252 e. The van der Waals surface area contributed by atoms with Crippen molar-refractivity contribution in [3.8, 4) is 11.5 Å². The van der Waals surface area contributed by atoms with Crippen LogP contribution in [0.15, 0.2) is 41.2 Å². The van der Waals surface area contributed by atoms with Crippen LogP contribution >= 0.6 is 0 Å². The molecule has 0 spiro atoms. The molecule has 0 saturated carbocycles. The molecule has 2 aromatic carbocycles. The van der Waals surface area contributed by atoms with Crippen LogP contribution in [0.5, 0.6) is 11.5 Å².